The highest BCUT2D eigenvalue weighted by Gasteiger charge is 2.21. The summed E-state index contributed by atoms with van der Waals surface area (Å²) in [5.41, 5.74) is 2.61. The number of hydrogen-bond acceptors (Lipinski definition) is 5. The second-order valence-corrected chi connectivity index (χ2v) is 7.58. The average Bonchev–Trinajstić information content (AvgIpc) is 2.96. The summed E-state index contributed by atoms with van der Waals surface area (Å²) in [5.74, 6) is -1.07. The van der Waals surface area contributed by atoms with Crippen molar-refractivity contribution in [2.45, 2.75) is 44.9 Å². The van der Waals surface area contributed by atoms with E-state index in [1.54, 1.807) is 20.8 Å². The van der Waals surface area contributed by atoms with Crippen LogP contribution in [-0.4, -0.2) is 39.2 Å². The molecule has 0 atom stereocenters. The van der Waals surface area contributed by atoms with E-state index in [4.69, 9.17) is 4.74 Å². The summed E-state index contributed by atoms with van der Waals surface area (Å²) in [7, 11) is 0. The van der Waals surface area contributed by atoms with Crippen molar-refractivity contribution in [1.82, 2.24) is 15.5 Å². The maximum Gasteiger partial charge on any atom is 0.407 e. The molecule has 2 aromatic rings. The van der Waals surface area contributed by atoms with Crippen molar-refractivity contribution in [3.05, 3.63) is 35.0 Å². The van der Waals surface area contributed by atoms with Gasteiger partial charge >= 0.3 is 12.1 Å². The van der Waals surface area contributed by atoms with Gasteiger partial charge in [0.15, 0.2) is 5.69 Å². The van der Waals surface area contributed by atoms with Crippen molar-refractivity contribution in [1.29, 1.82) is 0 Å². The molecule has 3 N–H and O–H groups in total. The molecular formula is C18H23N3O4S. The van der Waals surface area contributed by atoms with Crippen LogP contribution in [0.25, 0.3) is 11.1 Å². The van der Waals surface area contributed by atoms with E-state index in [-0.39, 0.29) is 12.2 Å². The number of carbonyl (C=O) groups excluding carboxylic acids is 1. The first-order chi connectivity index (χ1) is 12.1. The van der Waals surface area contributed by atoms with E-state index >= 15 is 0 Å². The third kappa shape index (κ3) is 4.78. The lowest BCUT2D eigenvalue weighted by Crippen LogP contribution is -2.32. The number of H-pyrrole nitrogens is 1. The van der Waals surface area contributed by atoms with Gasteiger partial charge in [-0.2, -0.15) is 5.10 Å². The number of carboxylic acids is 1. The van der Waals surface area contributed by atoms with Gasteiger partial charge in [-0.25, -0.2) is 9.59 Å². The molecular weight excluding hydrogens is 354 g/mol. The van der Waals surface area contributed by atoms with Crippen molar-refractivity contribution in [2.24, 2.45) is 0 Å². The molecule has 0 saturated carbocycles. The van der Waals surface area contributed by atoms with Crippen LogP contribution in [0.15, 0.2) is 23.2 Å². The summed E-state index contributed by atoms with van der Waals surface area (Å²) < 4.78 is 5.24. The molecule has 0 spiro atoms. The summed E-state index contributed by atoms with van der Waals surface area (Å²) in [6, 6.07) is 5.61. The first-order valence-electron chi connectivity index (χ1n) is 8.04. The van der Waals surface area contributed by atoms with Crippen LogP contribution in [0.5, 0.6) is 0 Å². The van der Waals surface area contributed by atoms with E-state index < -0.39 is 17.7 Å². The summed E-state index contributed by atoms with van der Waals surface area (Å²) >= 11 is 1.37. The zero-order valence-electron chi connectivity index (χ0n) is 15.5. The standard InChI is InChI=1S/C18H23N3O4S/c1-10-6-7-11(13-14(16(22)23)20-21-15(13)26-5)8-12(10)9-19-17(24)25-18(2,3)4/h6-8H,9H2,1-5H3,(H,19,24)(H,20,21)(H,22,23). The molecule has 0 unspecified atom stereocenters. The third-order valence-electron chi connectivity index (χ3n) is 3.60. The van der Waals surface area contributed by atoms with Gasteiger partial charge in [0, 0.05) is 12.1 Å². The monoisotopic (exact) mass is 377 g/mol. The van der Waals surface area contributed by atoms with Gasteiger partial charge in [-0.15, -0.1) is 11.8 Å². The molecule has 8 heteroatoms. The lowest BCUT2D eigenvalue weighted by atomic mass is 10.00. The summed E-state index contributed by atoms with van der Waals surface area (Å²) in [4.78, 5) is 23.3. The predicted molar refractivity (Wildman–Crippen MR) is 101 cm³/mol. The van der Waals surface area contributed by atoms with Crippen LogP contribution in [0.1, 0.15) is 42.4 Å². The van der Waals surface area contributed by atoms with Gasteiger partial charge in [0.2, 0.25) is 0 Å². The average molecular weight is 377 g/mol. The van der Waals surface area contributed by atoms with Gasteiger partial charge in [0.25, 0.3) is 0 Å². The second-order valence-electron chi connectivity index (χ2n) is 6.78. The third-order valence-corrected chi connectivity index (χ3v) is 4.28. The number of carbonyl (C=O) groups is 2. The van der Waals surface area contributed by atoms with E-state index in [9.17, 15) is 14.7 Å². The number of benzene rings is 1. The quantitative estimate of drug-likeness (QED) is 0.684. The van der Waals surface area contributed by atoms with Crippen LogP contribution in [0.3, 0.4) is 0 Å². The van der Waals surface area contributed by atoms with Crippen molar-refractivity contribution >= 4 is 23.8 Å². The largest absolute Gasteiger partial charge is 0.477 e. The molecule has 2 rings (SSSR count). The highest BCUT2D eigenvalue weighted by Crippen LogP contribution is 2.32. The van der Waals surface area contributed by atoms with Crippen LogP contribution in [0, 0.1) is 6.92 Å². The van der Waals surface area contributed by atoms with E-state index in [0.717, 1.165) is 16.7 Å². The number of amides is 1. The Morgan fingerprint density at radius 2 is 2.04 bits per heavy atom. The summed E-state index contributed by atoms with van der Waals surface area (Å²) in [6.45, 7) is 7.61. The number of thioether (sulfide) groups is 1. The zero-order chi connectivity index (χ0) is 19.5. The number of ether oxygens (including phenoxy) is 1. The van der Waals surface area contributed by atoms with Gasteiger partial charge in [-0.05, 0) is 56.7 Å². The second kappa shape index (κ2) is 7.82. The zero-order valence-corrected chi connectivity index (χ0v) is 16.3. The first kappa shape index (κ1) is 19.8. The first-order valence-corrected chi connectivity index (χ1v) is 9.27. The Morgan fingerprint density at radius 3 is 2.62 bits per heavy atom. The van der Waals surface area contributed by atoms with Crippen LogP contribution in [-0.2, 0) is 11.3 Å². The van der Waals surface area contributed by atoms with Gasteiger partial charge in [0.1, 0.15) is 10.6 Å². The maximum atomic E-state index is 11.9. The lowest BCUT2D eigenvalue weighted by Gasteiger charge is -2.20. The van der Waals surface area contributed by atoms with Crippen molar-refractivity contribution in [3.63, 3.8) is 0 Å². The molecule has 0 fully saturated rings. The van der Waals surface area contributed by atoms with E-state index in [1.165, 1.54) is 11.8 Å². The maximum absolute atomic E-state index is 11.9. The van der Waals surface area contributed by atoms with Gasteiger partial charge < -0.3 is 15.2 Å². The van der Waals surface area contributed by atoms with Crippen molar-refractivity contribution in [2.75, 3.05) is 6.26 Å². The molecule has 0 aliphatic heterocycles. The van der Waals surface area contributed by atoms with Gasteiger partial charge in [-0.1, -0.05) is 12.1 Å². The Bertz CT molecular complexity index is 824. The molecule has 140 valence electrons. The SMILES string of the molecule is CSc1n[nH]c(C(=O)O)c1-c1ccc(C)c(CNC(=O)OC(C)(C)C)c1. The fourth-order valence-electron chi connectivity index (χ4n) is 2.39. The highest BCUT2D eigenvalue weighted by molar-refractivity contribution is 7.98. The fourth-order valence-corrected chi connectivity index (χ4v) is 2.96. The number of aromatic amines is 1. The molecule has 0 radical (unpaired) electrons. The Balaban J connectivity index is 2.30. The Morgan fingerprint density at radius 1 is 1.35 bits per heavy atom. The number of aryl methyl sites for hydroxylation is 1. The number of nitrogens with zero attached hydrogens (tertiary/aromatic N) is 1. The number of alkyl carbamates (subject to hydrolysis) is 1. The Kier molecular flexibility index (Phi) is 5.97. The predicted octanol–water partition coefficient (Wildman–Crippen LogP) is 3.83. The summed E-state index contributed by atoms with van der Waals surface area (Å²) in [6.07, 6.45) is 1.34. The number of aromatic nitrogens is 2. The number of carboxylic acid groups (broad SMARTS) is 1. The molecule has 26 heavy (non-hydrogen) atoms. The van der Waals surface area contributed by atoms with E-state index in [1.807, 2.05) is 31.4 Å². The fraction of sp³-hybridized carbons (Fsp3) is 0.389. The normalized spacial score (nSPS) is 11.3. The van der Waals surface area contributed by atoms with Crippen molar-refractivity contribution < 1.29 is 19.4 Å². The van der Waals surface area contributed by atoms with Crippen LogP contribution < -0.4 is 5.32 Å². The molecule has 7 nitrogen and oxygen atoms in total. The minimum Gasteiger partial charge on any atom is -0.477 e. The Labute approximate surface area is 156 Å². The van der Waals surface area contributed by atoms with Crippen LogP contribution in [0.4, 0.5) is 4.79 Å². The molecule has 0 aliphatic rings. The van der Waals surface area contributed by atoms with Crippen LogP contribution in [0.2, 0.25) is 0 Å². The van der Waals surface area contributed by atoms with E-state index in [0.29, 0.717) is 10.6 Å². The number of rotatable bonds is 5. The van der Waals surface area contributed by atoms with Gasteiger partial charge in [-0.3, -0.25) is 5.10 Å². The topological polar surface area (TPSA) is 104 Å². The molecule has 0 saturated heterocycles. The molecule has 0 aliphatic carbocycles. The van der Waals surface area contributed by atoms with Crippen molar-refractivity contribution in [3.8, 4) is 11.1 Å². The highest BCUT2D eigenvalue weighted by atomic mass is 32.2. The molecule has 1 heterocycles. The molecule has 1 aromatic carbocycles. The van der Waals surface area contributed by atoms with E-state index in [2.05, 4.69) is 15.5 Å². The molecule has 0 bridgehead atoms. The Hall–Kier alpha value is -2.48. The smallest absolute Gasteiger partial charge is 0.407 e. The minimum atomic E-state index is -1.07. The number of aromatic carboxylic acids is 1. The van der Waals surface area contributed by atoms with Crippen LogP contribution >= 0.6 is 11.8 Å². The minimum absolute atomic E-state index is 0.0456. The summed E-state index contributed by atoms with van der Waals surface area (Å²) in [5, 5.41) is 19.4. The molecule has 1 aromatic heterocycles. The molecule has 1 amide bonds. The number of nitrogens with one attached hydrogen (secondary N) is 2. The lowest BCUT2D eigenvalue weighted by molar-refractivity contribution is 0.0523. The van der Waals surface area contributed by atoms with Gasteiger partial charge in [0.05, 0.1) is 0 Å². The number of hydrogen-bond donors (Lipinski definition) is 3.